The molecule has 1 fully saturated rings. The molecule has 0 aliphatic carbocycles. The molecule has 25 heavy (non-hydrogen) atoms. The zero-order valence-corrected chi connectivity index (χ0v) is 14.8. The summed E-state index contributed by atoms with van der Waals surface area (Å²) in [6, 6.07) is 4.05. The number of carbonyl (C=O) groups is 1. The first-order valence-electron chi connectivity index (χ1n) is 8.70. The van der Waals surface area contributed by atoms with Gasteiger partial charge >= 0.3 is 0 Å². The SMILES string of the molecule is CCc1cnc(CN(C)[C@H]2CCN(CC(=O)Nc3cccnc3)C2)o1. The number of nitrogens with one attached hydrogen (secondary N) is 1. The second kappa shape index (κ2) is 8.22. The summed E-state index contributed by atoms with van der Waals surface area (Å²) >= 11 is 0. The number of anilines is 1. The van der Waals surface area contributed by atoms with Crippen molar-refractivity contribution in [2.24, 2.45) is 0 Å². The molecule has 0 radical (unpaired) electrons. The minimum absolute atomic E-state index is 0.00316. The number of aryl methyl sites for hydroxylation is 1. The van der Waals surface area contributed by atoms with Gasteiger partial charge in [0.1, 0.15) is 5.76 Å². The van der Waals surface area contributed by atoms with Crippen molar-refractivity contribution in [3.05, 3.63) is 42.4 Å². The Hall–Kier alpha value is -2.25. The van der Waals surface area contributed by atoms with Gasteiger partial charge in [0, 0.05) is 31.7 Å². The van der Waals surface area contributed by atoms with Crippen LogP contribution in [0.2, 0.25) is 0 Å². The number of likely N-dealkylation sites (N-methyl/N-ethyl adjacent to an activating group) is 1. The van der Waals surface area contributed by atoms with Crippen LogP contribution in [0.5, 0.6) is 0 Å². The van der Waals surface area contributed by atoms with Crippen molar-refractivity contribution in [3.8, 4) is 0 Å². The van der Waals surface area contributed by atoms with Crippen LogP contribution in [0.1, 0.15) is 25.0 Å². The van der Waals surface area contributed by atoms with E-state index >= 15 is 0 Å². The summed E-state index contributed by atoms with van der Waals surface area (Å²) in [5.41, 5.74) is 0.732. The number of amides is 1. The Morgan fingerprint density at radius 2 is 2.36 bits per heavy atom. The molecule has 3 rings (SSSR count). The molecule has 2 aromatic heterocycles. The Balaban J connectivity index is 1.45. The van der Waals surface area contributed by atoms with Crippen LogP contribution in [-0.2, 0) is 17.8 Å². The van der Waals surface area contributed by atoms with Crippen molar-refractivity contribution < 1.29 is 9.21 Å². The van der Waals surface area contributed by atoms with Crippen LogP contribution >= 0.6 is 0 Å². The third-order valence-corrected chi connectivity index (χ3v) is 4.52. The third-order valence-electron chi connectivity index (χ3n) is 4.52. The molecule has 0 unspecified atom stereocenters. The van der Waals surface area contributed by atoms with Crippen molar-refractivity contribution in [1.82, 2.24) is 19.8 Å². The number of oxazole rings is 1. The zero-order chi connectivity index (χ0) is 17.6. The summed E-state index contributed by atoms with van der Waals surface area (Å²) < 4.78 is 5.68. The van der Waals surface area contributed by atoms with E-state index in [0.717, 1.165) is 43.3 Å². The van der Waals surface area contributed by atoms with Gasteiger partial charge in [0.2, 0.25) is 11.8 Å². The molecule has 0 spiro atoms. The van der Waals surface area contributed by atoms with Crippen LogP contribution < -0.4 is 5.32 Å². The van der Waals surface area contributed by atoms with E-state index in [2.05, 4.69) is 39.1 Å². The lowest BCUT2D eigenvalue weighted by Gasteiger charge is -2.23. The second-order valence-electron chi connectivity index (χ2n) is 6.46. The number of likely N-dealkylation sites (tertiary alicyclic amines) is 1. The molecule has 3 heterocycles. The number of carbonyl (C=O) groups excluding carboxylic acids is 1. The quantitative estimate of drug-likeness (QED) is 0.826. The summed E-state index contributed by atoms with van der Waals surface area (Å²) in [5, 5.41) is 2.88. The fourth-order valence-corrected chi connectivity index (χ4v) is 3.08. The smallest absolute Gasteiger partial charge is 0.238 e. The van der Waals surface area contributed by atoms with E-state index < -0.39 is 0 Å². The summed E-state index contributed by atoms with van der Waals surface area (Å²) in [7, 11) is 2.08. The highest BCUT2D eigenvalue weighted by atomic mass is 16.4. The number of aromatic nitrogens is 2. The van der Waals surface area contributed by atoms with Crippen LogP contribution in [0.4, 0.5) is 5.69 Å². The van der Waals surface area contributed by atoms with Gasteiger partial charge in [-0.05, 0) is 25.6 Å². The summed E-state index contributed by atoms with van der Waals surface area (Å²) in [5.74, 6) is 1.67. The van der Waals surface area contributed by atoms with E-state index in [1.165, 1.54) is 0 Å². The van der Waals surface area contributed by atoms with Crippen LogP contribution in [0.15, 0.2) is 35.1 Å². The first kappa shape index (κ1) is 17.6. The Morgan fingerprint density at radius 1 is 1.48 bits per heavy atom. The maximum Gasteiger partial charge on any atom is 0.238 e. The minimum atomic E-state index is -0.00316. The van der Waals surface area contributed by atoms with Gasteiger partial charge < -0.3 is 9.73 Å². The molecule has 2 aromatic rings. The lowest BCUT2D eigenvalue weighted by Crippen LogP contribution is -2.36. The predicted octanol–water partition coefficient (Wildman–Crippen LogP) is 1.78. The third kappa shape index (κ3) is 4.87. The van der Waals surface area contributed by atoms with Gasteiger partial charge in [0.05, 0.1) is 31.2 Å². The molecule has 134 valence electrons. The average Bonchev–Trinajstić information content (AvgIpc) is 3.25. The number of pyridine rings is 1. The van der Waals surface area contributed by atoms with Gasteiger partial charge in [-0.2, -0.15) is 0 Å². The maximum atomic E-state index is 12.2. The van der Waals surface area contributed by atoms with Crippen LogP contribution in [0.25, 0.3) is 0 Å². The highest BCUT2D eigenvalue weighted by Crippen LogP contribution is 2.17. The largest absolute Gasteiger partial charge is 0.444 e. The van der Waals surface area contributed by atoms with E-state index in [1.807, 2.05) is 12.1 Å². The highest BCUT2D eigenvalue weighted by Gasteiger charge is 2.27. The fraction of sp³-hybridized carbons (Fsp3) is 0.500. The number of nitrogens with zero attached hydrogens (tertiary/aromatic N) is 4. The van der Waals surface area contributed by atoms with Crippen molar-refractivity contribution in [2.45, 2.75) is 32.4 Å². The van der Waals surface area contributed by atoms with E-state index in [-0.39, 0.29) is 5.91 Å². The lowest BCUT2D eigenvalue weighted by molar-refractivity contribution is -0.117. The minimum Gasteiger partial charge on any atom is -0.444 e. The van der Waals surface area contributed by atoms with E-state index in [9.17, 15) is 4.79 Å². The Morgan fingerprint density at radius 3 is 3.08 bits per heavy atom. The van der Waals surface area contributed by atoms with Crippen molar-refractivity contribution in [3.63, 3.8) is 0 Å². The van der Waals surface area contributed by atoms with Gasteiger partial charge in [-0.3, -0.25) is 19.6 Å². The molecule has 7 heteroatoms. The maximum absolute atomic E-state index is 12.2. The van der Waals surface area contributed by atoms with Gasteiger partial charge in [-0.15, -0.1) is 0 Å². The molecule has 1 N–H and O–H groups in total. The predicted molar refractivity (Wildman–Crippen MR) is 95.1 cm³/mol. The molecular weight excluding hydrogens is 318 g/mol. The van der Waals surface area contributed by atoms with Gasteiger partial charge in [0.25, 0.3) is 0 Å². The summed E-state index contributed by atoms with van der Waals surface area (Å²) in [6.07, 6.45) is 7.04. The standard InChI is InChI=1S/C18H25N5O2/c1-3-16-10-20-18(25-16)13-22(2)15-6-8-23(11-15)12-17(24)21-14-5-4-7-19-9-14/h4-5,7,9-10,15H,3,6,8,11-13H2,1-2H3,(H,21,24)/t15-/m0/s1. The summed E-state index contributed by atoms with van der Waals surface area (Å²) in [4.78, 5) is 24.9. The first-order chi connectivity index (χ1) is 12.1. The summed E-state index contributed by atoms with van der Waals surface area (Å²) in [6.45, 7) is 4.94. The number of hydrogen-bond donors (Lipinski definition) is 1. The average molecular weight is 343 g/mol. The molecular formula is C18H25N5O2. The fourth-order valence-electron chi connectivity index (χ4n) is 3.08. The van der Waals surface area contributed by atoms with Crippen LogP contribution in [-0.4, -0.2) is 58.4 Å². The van der Waals surface area contributed by atoms with E-state index in [0.29, 0.717) is 19.1 Å². The molecule has 0 aromatic carbocycles. The highest BCUT2D eigenvalue weighted by molar-refractivity contribution is 5.92. The Labute approximate surface area is 148 Å². The zero-order valence-electron chi connectivity index (χ0n) is 14.8. The molecule has 7 nitrogen and oxygen atoms in total. The van der Waals surface area contributed by atoms with E-state index in [4.69, 9.17) is 4.42 Å². The van der Waals surface area contributed by atoms with Crippen LogP contribution in [0, 0.1) is 0 Å². The Bertz CT molecular complexity index is 688. The molecule has 1 amide bonds. The normalized spacial score (nSPS) is 18.0. The molecule has 1 aliphatic rings. The number of hydrogen-bond acceptors (Lipinski definition) is 6. The van der Waals surface area contributed by atoms with Gasteiger partial charge in [0.15, 0.2) is 0 Å². The van der Waals surface area contributed by atoms with Crippen molar-refractivity contribution >= 4 is 11.6 Å². The van der Waals surface area contributed by atoms with Crippen molar-refractivity contribution in [1.29, 1.82) is 0 Å². The van der Waals surface area contributed by atoms with Crippen LogP contribution in [0.3, 0.4) is 0 Å². The number of rotatable bonds is 7. The van der Waals surface area contributed by atoms with Gasteiger partial charge in [-0.25, -0.2) is 4.98 Å². The van der Waals surface area contributed by atoms with Gasteiger partial charge in [-0.1, -0.05) is 6.92 Å². The molecule has 0 saturated carbocycles. The topological polar surface area (TPSA) is 74.5 Å². The van der Waals surface area contributed by atoms with Crippen molar-refractivity contribution in [2.75, 3.05) is 32.0 Å². The van der Waals surface area contributed by atoms with E-state index in [1.54, 1.807) is 18.6 Å². The second-order valence-corrected chi connectivity index (χ2v) is 6.46. The first-order valence-corrected chi connectivity index (χ1v) is 8.70. The molecule has 1 atom stereocenters. The molecule has 0 bridgehead atoms. The monoisotopic (exact) mass is 343 g/mol. The Kier molecular flexibility index (Phi) is 5.78. The molecule has 1 aliphatic heterocycles. The molecule has 1 saturated heterocycles. The lowest BCUT2D eigenvalue weighted by atomic mass is 10.2.